The van der Waals surface area contributed by atoms with Gasteiger partial charge in [0.15, 0.2) is 0 Å². The maximum atomic E-state index is 13.3. The van der Waals surface area contributed by atoms with E-state index in [1.807, 2.05) is 0 Å². The number of hydrogen-bond donors (Lipinski definition) is 9. The van der Waals surface area contributed by atoms with Gasteiger partial charge in [-0.25, -0.2) is 4.79 Å². The molecule has 0 rings (SSSR count). The van der Waals surface area contributed by atoms with Crippen LogP contribution in [0.4, 0.5) is 0 Å². The number of hydrogen-bond acceptors (Lipinski definition) is 9. The van der Waals surface area contributed by atoms with E-state index in [-0.39, 0.29) is 12.3 Å². The van der Waals surface area contributed by atoms with Gasteiger partial charge in [0.05, 0.1) is 12.8 Å². The number of rotatable bonds is 20. The number of nitrogens with one attached hydrogen (secondary N) is 6. The molecule has 0 spiro atoms. The third-order valence-electron chi connectivity index (χ3n) is 6.68. The van der Waals surface area contributed by atoms with E-state index in [0.29, 0.717) is 0 Å². The molecular formula is C29H49N7O11. The molecule has 0 aliphatic rings. The lowest BCUT2D eigenvalue weighted by Gasteiger charge is -2.29. The zero-order valence-corrected chi connectivity index (χ0v) is 28.0. The summed E-state index contributed by atoms with van der Waals surface area (Å²) in [6.07, 6.45) is -1.74. The summed E-state index contributed by atoms with van der Waals surface area (Å²) in [5.74, 6) is -10.3. The van der Waals surface area contributed by atoms with Crippen molar-refractivity contribution < 1.29 is 53.4 Å². The Morgan fingerprint density at radius 1 is 0.553 bits per heavy atom. The van der Waals surface area contributed by atoms with Crippen LogP contribution in [0.3, 0.4) is 0 Å². The number of carboxylic acids is 2. The Morgan fingerprint density at radius 2 is 0.957 bits per heavy atom. The van der Waals surface area contributed by atoms with E-state index in [2.05, 4.69) is 31.9 Å². The van der Waals surface area contributed by atoms with Crippen molar-refractivity contribution in [1.82, 2.24) is 31.9 Å². The molecule has 0 aromatic carbocycles. The topological polar surface area (TPSA) is 292 Å². The molecule has 0 heterocycles. The second-order valence-electron chi connectivity index (χ2n) is 12.3. The first-order valence-electron chi connectivity index (χ1n) is 15.1. The summed E-state index contributed by atoms with van der Waals surface area (Å²) >= 11 is 0. The van der Waals surface area contributed by atoms with E-state index >= 15 is 0 Å². The summed E-state index contributed by atoms with van der Waals surface area (Å²) < 4.78 is 0. The number of aliphatic carboxylic acids is 2. The van der Waals surface area contributed by atoms with Gasteiger partial charge in [0.2, 0.25) is 41.4 Å². The van der Waals surface area contributed by atoms with Gasteiger partial charge in [0.25, 0.3) is 0 Å². The van der Waals surface area contributed by atoms with E-state index in [1.54, 1.807) is 41.5 Å². The Balaban J connectivity index is 6.03. The first-order chi connectivity index (χ1) is 21.6. The highest BCUT2D eigenvalue weighted by Crippen LogP contribution is 2.09. The van der Waals surface area contributed by atoms with Gasteiger partial charge in [-0.15, -0.1) is 0 Å². The summed E-state index contributed by atoms with van der Waals surface area (Å²) in [6.45, 7) is 12.5. The first kappa shape index (κ1) is 42.2. The van der Waals surface area contributed by atoms with Crippen molar-refractivity contribution in [2.24, 2.45) is 23.5 Å². The van der Waals surface area contributed by atoms with E-state index in [9.17, 15) is 53.4 Å². The molecule has 0 aromatic heterocycles. The molecule has 18 nitrogen and oxygen atoms in total. The van der Waals surface area contributed by atoms with E-state index in [1.165, 1.54) is 13.8 Å². The molecule has 6 unspecified atom stereocenters. The lowest BCUT2D eigenvalue weighted by atomic mass is 9.99. The van der Waals surface area contributed by atoms with Gasteiger partial charge >= 0.3 is 11.9 Å². The Hall–Kier alpha value is -4.77. The second-order valence-corrected chi connectivity index (χ2v) is 12.3. The van der Waals surface area contributed by atoms with Crippen LogP contribution in [0.5, 0.6) is 0 Å². The number of carboxylic acid groups (broad SMARTS) is 2. The van der Waals surface area contributed by atoms with E-state index < -0.39 is 114 Å². The van der Waals surface area contributed by atoms with Gasteiger partial charge in [-0.2, -0.15) is 0 Å². The Bertz CT molecular complexity index is 1190. The van der Waals surface area contributed by atoms with Crippen molar-refractivity contribution in [3.05, 3.63) is 0 Å². The number of nitrogens with two attached hydrogens (primary N) is 1. The van der Waals surface area contributed by atoms with Gasteiger partial charge in [0.1, 0.15) is 36.3 Å². The van der Waals surface area contributed by atoms with Crippen LogP contribution in [0.25, 0.3) is 0 Å². The summed E-state index contributed by atoms with van der Waals surface area (Å²) in [4.78, 5) is 111. The largest absolute Gasteiger partial charge is 0.481 e. The SMILES string of the molecule is CC(=O)NC(C)C(=O)NC(C(=O)NC(C(=O)NC(CC(N)=O)C(=O)NC(CC(=O)O)C(=O)NC(CC(C)C)C(=O)O)C(C)C)C(C)C. The number of carbonyl (C=O) groups excluding carboxylic acids is 7. The molecule has 18 heteroatoms. The number of primary amides is 1. The molecule has 47 heavy (non-hydrogen) atoms. The van der Waals surface area contributed by atoms with Crippen molar-refractivity contribution in [3.63, 3.8) is 0 Å². The van der Waals surface area contributed by atoms with Crippen molar-refractivity contribution in [1.29, 1.82) is 0 Å². The molecule has 0 radical (unpaired) electrons. The monoisotopic (exact) mass is 671 g/mol. The molecule has 0 saturated heterocycles. The summed E-state index contributed by atoms with van der Waals surface area (Å²) in [5.41, 5.74) is 5.27. The molecule has 7 amide bonds. The maximum Gasteiger partial charge on any atom is 0.326 e. The number of carbonyl (C=O) groups is 9. The minimum absolute atomic E-state index is 0.00710. The predicted octanol–water partition coefficient (Wildman–Crippen LogP) is -2.27. The summed E-state index contributed by atoms with van der Waals surface area (Å²) in [7, 11) is 0. The Kier molecular flexibility index (Phi) is 17.7. The molecule has 0 aliphatic heterocycles. The van der Waals surface area contributed by atoms with Crippen molar-refractivity contribution in [2.75, 3.05) is 0 Å². The van der Waals surface area contributed by atoms with Crippen LogP contribution >= 0.6 is 0 Å². The highest BCUT2D eigenvalue weighted by Gasteiger charge is 2.35. The smallest absolute Gasteiger partial charge is 0.326 e. The Morgan fingerprint density at radius 3 is 1.34 bits per heavy atom. The molecule has 0 aromatic rings. The highest BCUT2D eigenvalue weighted by atomic mass is 16.4. The Labute approximate surface area is 273 Å². The summed E-state index contributed by atoms with van der Waals surface area (Å²) in [5, 5.41) is 32.8. The third-order valence-corrected chi connectivity index (χ3v) is 6.68. The summed E-state index contributed by atoms with van der Waals surface area (Å²) in [6, 6.07) is -8.33. The molecule has 0 bridgehead atoms. The van der Waals surface area contributed by atoms with Crippen LogP contribution in [0, 0.1) is 17.8 Å². The van der Waals surface area contributed by atoms with Crippen LogP contribution in [0.15, 0.2) is 0 Å². The third kappa shape index (κ3) is 15.9. The zero-order chi connectivity index (χ0) is 36.8. The normalized spacial score (nSPS) is 14.9. The standard InChI is InChI=1S/C29H49N7O11/c1-12(2)9-19(29(46)47)34-26(43)18(11-21(39)40)32-25(42)17(10-20(30)38)33-27(44)22(13(3)4)36-28(45)23(14(5)6)35-24(41)15(7)31-16(8)37/h12-15,17-19,22-23H,9-11H2,1-8H3,(H2,30,38)(H,31,37)(H,32,42)(H,33,44)(H,34,43)(H,35,41)(H,36,45)(H,39,40)(H,46,47). The lowest BCUT2D eigenvalue weighted by Crippen LogP contribution is -2.61. The molecule has 0 saturated carbocycles. The first-order valence-corrected chi connectivity index (χ1v) is 15.1. The van der Waals surface area contributed by atoms with Crippen LogP contribution in [0.1, 0.15) is 74.7 Å². The quantitative estimate of drug-likeness (QED) is 0.0665. The van der Waals surface area contributed by atoms with E-state index in [4.69, 9.17) is 5.73 Å². The molecule has 0 aliphatic carbocycles. The molecule has 10 N–H and O–H groups in total. The fourth-order valence-corrected chi connectivity index (χ4v) is 4.26. The maximum absolute atomic E-state index is 13.3. The van der Waals surface area contributed by atoms with Crippen LogP contribution in [-0.2, 0) is 43.2 Å². The van der Waals surface area contributed by atoms with Crippen LogP contribution < -0.4 is 37.6 Å². The number of amides is 7. The molecular weight excluding hydrogens is 622 g/mol. The predicted molar refractivity (Wildman–Crippen MR) is 166 cm³/mol. The van der Waals surface area contributed by atoms with Gasteiger partial charge in [-0.1, -0.05) is 41.5 Å². The molecule has 6 atom stereocenters. The minimum Gasteiger partial charge on any atom is -0.481 e. The van der Waals surface area contributed by atoms with Gasteiger partial charge < -0.3 is 47.8 Å². The average molecular weight is 672 g/mol. The highest BCUT2D eigenvalue weighted by molar-refractivity contribution is 5.98. The van der Waals surface area contributed by atoms with Crippen molar-refractivity contribution in [2.45, 2.75) is 111 Å². The average Bonchev–Trinajstić information content (AvgIpc) is 2.91. The fourth-order valence-electron chi connectivity index (χ4n) is 4.26. The van der Waals surface area contributed by atoms with Crippen LogP contribution in [-0.4, -0.2) is 99.8 Å². The van der Waals surface area contributed by atoms with Crippen molar-refractivity contribution in [3.8, 4) is 0 Å². The van der Waals surface area contributed by atoms with Gasteiger partial charge in [0, 0.05) is 6.92 Å². The van der Waals surface area contributed by atoms with Crippen LogP contribution in [0.2, 0.25) is 0 Å². The lowest BCUT2D eigenvalue weighted by molar-refractivity contribution is -0.144. The van der Waals surface area contributed by atoms with Gasteiger partial charge in [-0.05, 0) is 31.1 Å². The van der Waals surface area contributed by atoms with Gasteiger partial charge in [-0.3, -0.25) is 38.4 Å². The minimum atomic E-state index is -1.79. The second kappa shape index (κ2) is 19.7. The molecule has 0 fully saturated rings. The van der Waals surface area contributed by atoms with E-state index in [0.717, 1.165) is 0 Å². The fraction of sp³-hybridized carbons (Fsp3) is 0.690. The van der Waals surface area contributed by atoms with Crippen molar-refractivity contribution >= 4 is 53.3 Å². The zero-order valence-electron chi connectivity index (χ0n) is 28.0. The molecule has 266 valence electrons.